The SMILES string of the molecule is O=C(NC1CCCC(C(F)(F)F)C1)[C@@H]1CCCCN1. The average Bonchev–Trinajstić information content (AvgIpc) is 2.39. The molecule has 3 nitrogen and oxygen atoms in total. The third-order valence-corrected chi connectivity index (χ3v) is 4.11. The van der Waals surface area contributed by atoms with E-state index in [1.54, 1.807) is 0 Å². The van der Waals surface area contributed by atoms with Crippen molar-refractivity contribution in [3.63, 3.8) is 0 Å². The topological polar surface area (TPSA) is 41.1 Å². The second-order valence-corrected chi connectivity index (χ2v) is 5.61. The molecule has 1 saturated carbocycles. The van der Waals surface area contributed by atoms with Gasteiger partial charge in [-0.3, -0.25) is 4.79 Å². The van der Waals surface area contributed by atoms with Crippen LogP contribution in [0.1, 0.15) is 44.9 Å². The molecule has 3 atom stereocenters. The van der Waals surface area contributed by atoms with Crippen LogP contribution in [0.4, 0.5) is 13.2 Å². The van der Waals surface area contributed by atoms with Gasteiger partial charge in [-0.25, -0.2) is 0 Å². The van der Waals surface area contributed by atoms with Crippen LogP contribution in [0.3, 0.4) is 0 Å². The van der Waals surface area contributed by atoms with Gasteiger partial charge < -0.3 is 10.6 Å². The Bertz CT molecular complexity index is 314. The van der Waals surface area contributed by atoms with Gasteiger partial charge in [0, 0.05) is 6.04 Å². The summed E-state index contributed by atoms with van der Waals surface area (Å²) in [6, 6.07) is -0.545. The van der Waals surface area contributed by atoms with Gasteiger partial charge in [0.15, 0.2) is 0 Å². The van der Waals surface area contributed by atoms with Gasteiger partial charge in [0.2, 0.25) is 5.91 Å². The van der Waals surface area contributed by atoms with Crippen LogP contribution >= 0.6 is 0 Å². The number of alkyl halides is 3. The third-order valence-electron chi connectivity index (χ3n) is 4.11. The minimum atomic E-state index is -4.13. The third kappa shape index (κ3) is 4.09. The van der Waals surface area contributed by atoms with Gasteiger partial charge in [0.1, 0.15) is 0 Å². The van der Waals surface area contributed by atoms with Crippen LogP contribution < -0.4 is 10.6 Å². The molecular weight excluding hydrogens is 257 g/mol. The Hall–Kier alpha value is -0.780. The second kappa shape index (κ2) is 6.11. The van der Waals surface area contributed by atoms with Gasteiger partial charge in [-0.1, -0.05) is 12.8 Å². The van der Waals surface area contributed by atoms with E-state index < -0.39 is 12.1 Å². The van der Waals surface area contributed by atoms with E-state index in [0.29, 0.717) is 12.8 Å². The van der Waals surface area contributed by atoms with Crippen molar-refractivity contribution in [1.82, 2.24) is 10.6 Å². The summed E-state index contributed by atoms with van der Waals surface area (Å²) in [5.41, 5.74) is 0. The van der Waals surface area contributed by atoms with Crippen LogP contribution in [0, 0.1) is 5.92 Å². The summed E-state index contributed by atoms with van der Waals surface area (Å²) in [4.78, 5) is 12.0. The van der Waals surface area contributed by atoms with Crippen LogP contribution in [0.25, 0.3) is 0 Å². The van der Waals surface area contributed by atoms with E-state index in [4.69, 9.17) is 0 Å². The molecule has 1 aliphatic carbocycles. The van der Waals surface area contributed by atoms with Gasteiger partial charge >= 0.3 is 6.18 Å². The summed E-state index contributed by atoms with van der Waals surface area (Å²) >= 11 is 0. The highest BCUT2D eigenvalue weighted by molar-refractivity contribution is 5.82. The maximum atomic E-state index is 12.7. The lowest BCUT2D eigenvalue weighted by atomic mass is 9.85. The lowest BCUT2D eigenvalue weighted by molar-refractivity contribution is -0.184. The Labute approximate surface area is 111 Å². The number of carbonyl (C=O) groups excluding carboxylic acids is 1. The normalized spacial score (nSPS) is 32.9. The van der Waals surface area contributed by atoms with Crippen molar-refractivity contribution in [2.24, 2.45) is 5.92 Å². The minimum Gasteiger partial charge on any atom is -0.352 e. The molecule has 6 heteroatoms. The molecular formula is C13H21F3N2O. The molecule has 0 bridgehead atoms. The largest absolute Gasteiger partial charge is 0.391 e. The molecule has 19 heavy (non-hydrogen) atoms. The average molecular weight is 278 g/mol. The first-order valence-electron chi connectivity index (χ1n) is 7.07. The van der Waals surface area contributed by atoms with Crippen molar-refractivity contribution in [2.45, 2.75) is 63.2 Å². The number of carbonyl (C=O) groups is 1. The number of rotatable bonds is 2. The maximum Gasteiger partial charge on any atom is 0.391 e. The first-order valence-corrected chi connectivity index (χ1v) is 7.07. The van der Waals surface area contributed by atoms with Crippen LogP contribution in [-0.4, -0.2) is 30.7 Å². The number of hydrogen-bond acceptors (Lipinski definition) is 2. The van der Waals surface area contributed by atoms with E-state index in [2.05, 4.69) is 10.6 Å². The summed E-state index contributed by atoms with van der Waals surface area (Å²) in [6.07, 6.45) is 0.121. The van der Waals surface area contributed by atoms with E-state index >= 15 is 0 Å². The number of amides is 1. The zero-order valence-electron chi connectivity index (χ0n) is 10.9. The Kier molecular flexibility index (Phi) is 4.71. The Morgan fingerprint density at radius 2 is 1.89 bits per heavy atom. The number of nitrogens with one attached hydrogen (secondary N) is 2. The van der Waals surface area contributed by atoms with Crippen molar-refractivity contribution in [3.05, 3.63) is 0 Å². The molecule has 2 rings (SSSR count). The van der Waals surface area contributed by atoms with Crippen molar-refractivity contribution >= 4 is 5.91 Å². The lowest BCUT2D eigenvalue weighted by Gasteiger charge is -2.32. The monoisotopic (exact) mass is 278 g/mol. The van der Waals surface area contributed by atoms with Gasteiger partial charge in [0.05, 0.1) is 12.0 Å². The highest BCUT2D eigenvalue weighted by Gasteiger charge is 2.42. The molecule has 2 unspecified atom stereocenters. The fourth-order valence-corrected chi connectivity index (χ4v) is 3.00. The molecule has 1 saturated heterocycles. The zero-order chi connectivity index (χ0) is 13.9. The first-order chi connectivity index (χ1) is 8.97. The molecule has 0 aromatic carbocycles. The highest BCUT2D eigenvalue weighted by Crippen LogP contribution is 2.37. The maximum absolute atomic E-state index is 12.7. The van der Waals surface area contributed by atoms with Gasteiger partial charge in [-0.05, 0) is 38.6 Å². The van der Waals surface area contributed by atoms with E-state index in [9.17, 15) is 18.0 Å². The summed E-state index contributed by atoms with van der Waals surface area (Å²) in [5.74, 6) is -1.39. The molecule has 0 radical (unpaired) electrons. The lowest BCUT2D eigenvalue weighted by Crippen LogP contribution is -2.51. The predicted molar refractivity (Wildman–Crippen MR) is 65.6 cm³/mol. The molecule has 1 amide bonds. The second-order valence-electron chi connectivity index (χ2n) is 5.61. The Balaban J connectivity index is 1.83. The molecule has 110 valence electrons. The van der Waals surface area contributed by atoms with Crippen LogP contribution in [0.5, 0.6) is 0 Å². The van der Waals surface area contributed by atoms with Crippen LogP contribution in [-0.2, 0) is 4.79 Å². The van der Waals surface area contributed by atoms with E-state index in [-0.39, 0.29) is 30.8 Å². The van der Waals surface area contributed by atoms with E-state index in [1.807, 2.05) is 0 Å². The van der Waals surface area contributed by atoms with Gasteiger partial charge in [0.25, 0.3) is 0 Å². The van der Waals surface area contributed by atoms with Crippen molar-refractivity contribution < 1.29 is 18.0 Å². The highest BCUT2D eigenvalue weighted by atomic mass is 19.4. The number of halogens is 3. The van der Waals surface area contributed by atoms with Crippen LogP contribution in [0.2, 0.25) is 0 Å². The molecule has 1 aliphatic heterocycles. The van der Waals surface area contributed by atoms with Gasteiger partial charge in [-0.2, -0.15) is 13.2 Å². The quantitative estimate of drug-likeness (QED) is 0.814. The summed E-state index contributed by atoms with van der Waals surface area (Å²) < 4.78 is 38.0. The predicted octanol–water partition coefficient (Wildman–Crippen LogP) is 2.37. The molecule has 2 N–H and O–H groups in total. The fraction of sp³-hybridized carbons (Fsp3) is 0.923. The summed E-state index contributed by atoms with van der Waals surface area (Å²) in [6.45, 7) is 0.813. The molecule has 0 spiro atoms. The first kappa shape index (κ1) is 14.6. The Morgan fingerprint density at radius 3 is 2.53 bits per heavy atom. The van der Waals surface area contributed by atoms with Crippen molar-refractivity contribution in [1.29, 1.82) is 0 Å². The van der Waals surface area contributed by atoms with Gasteiger partial charge in [-0.15, -0.1) is 0 Å². The standard InChI is InChI=1S/C13H21F3N2O/c14-13(15,16)9-4-3-5-10(8-9)18-12(19)11-6-1-2-7-17-11/h9-11,17H,1-8H2,(H,18,19)/t9?,10?,11-/m0/s1. The molecule has 2 fully saturated rings. The molecule has 0 aromatic heterocycles. The summed E-state index contributed by atoms with van der Waals surface area (Å²) in [7, 11) is 0. The molecule has 1 heterocycles. The Morgan fingerprint density at radius 1 is 1.11 bits per heavy atom. The minimum absolute atomic E-state index is 0.0297. The van der Waals surface area contributed by atoms with Crippen LogP contribution in [0.15, 0.2) is 0 Å². The van der Waals surface area contributed by atoms with E-state index in [0.717, 1.165) is 25.8 Å². The number of hydrogen-bond donors (Lipinski definition) is 2. The molecule has 0 aromatic rings. The molecule has 2 aliphatic rings. The number of piperidine rings is 1. The summed E-state index contributed by atoms with van der Waals surface area (Å²) in [5, 5.41) is 5.90. The fourth-order valence-electron chi connectivity index (χ4n) is 3.00. The van der Waals surface area contributed by atoms with Crippen molar-refractivity contribution in [3.8, 4) is 0 Å². The van der Waals surface area contributed by atoms with Crippen molar-refractivity contribution in [2.75, 3.05) is 6.54 Å². The van der Waals surface area contributed by atoms with E-state index in [1.165, 1.54) is 0 Å². The zero-order valence-corrected chi connectivity index (χ0v) is 10.9. The smallest absolute Gasteiger partial charge is 0.352 e.